The van der Waals surface area contributed by atoms with Gasteiger partial charge in [0.05, 0.1) is 5.69 Å². The quantitative estimate of drug-likeness (QED) is 0.638. The lowest BCUT2D eigenvalue weighted by molar-refractivity contribution is -0.113. The molecule has 2 aromatic carbocycles. The zero-order chi connectivity index (χ0) is 15.7. The van der Waals surface area contributed by atoms with Gasteiger partial charge in [-0.2, -0.15) is 0 Å². The van der Waals surface area contributed by atoms with Gasteiger partial charge in [-0.25, -0.2) is 0 Å². The third kappa shape index (κ3) is 2.82. The number of benzene rings is 2. The van der Waals surface area contributed by atoms with Crippen LogP contribution >= 0.6 is 28.1 Å². The number of para-hydroxylation sites is 1. The second-order valence-corrected chi connectivity index (χ2v) is 6.27. The molecule has 0 saturated carbocycles. The van der Waals surface area contributed by atoms with E-state index in [2.05, 4.69) is 21.2 Å². The Balaban J connectivity index is 1.95. The van der Waals surface area contributed by atoms with Crippen molar-refractivity contribution in [3.8, 4) is 0 Å². The first-order valence-corrected chi connectivity index (χ1v) is 7.95. The lowest BCUT2D eigenvalue weighted by Crippen LogP contribution is -2.30. The minimum absolute atomic E-state index is 0.137. The van der Waals surface area contributed by atoms with E-state index in [0.29, 0.717) is 10.8 Å². The first kappa shape index (κ1) is 14.9. The summed E-state index contributed by atoms with van der Waals surface area (Å²) in [5, 5.41) is 3.40. The van der Waals surface area contributed by atoms with E-state index >= 15 is 0 Å². The molecule has 110 valence electrons. The van der Waals surface area contributed by atoms with Crippen molar-refractivity contribution < 1.29 is 4.79 Å². The van der Waals surface area contributed by atoms with Crippen LogP contribution in [0.15, 0.2) is 58.7 Å². The molecule has 0 aliphatic carbocycles. The van der Waals surface area contributed by atoms with Crippen molar-refractivity contribution in [1.29, 1.82) is 0 Å². The summed E-state index contributed by atoms with van der Waals surface area (Å²) in [7, 11) is 0. The molecule has 1 saturated heterocycles. The van der Waals surface area contributed by atoms with Crippen molar-refractivity contribution in [3.05, 3.63) is 69.8 Å². The molecular formula is C17H13BrN2OS. The standard InChI is InChI=1S/C17H13BrN2OS/c1-11-4-2-3-5-15(11)20-16(21)14(19-17(20)22)10-12-6-8-13(18)9-7-12/h2-10H,1H3,(H,19,22)/b14-10+. The lowest BCUT2D eigenvalue weighted by atomic mass is 10.1. The van der Waals surface area contributed by atoms with Crippen LogP contribution in [0.25, 0.3) is 6.08 Å². The number of anilines is 1. The monoisotopic (exact) mass is 372 g/mol. The van der Waals surface area contributed by atoms with Gasteiger partial charge in [0, 0.05) is 4.47 Å². The number of hydrogen-bond donors (Lipinski definition) is 1. The van der Waals surface area contributed by atoms with Gasteiger partial charge >= 0.3 is 0 Å². The third-order valence-electron chi connectivity index (χ3n) is 3.42. The molecule has 0 atom stereocenters. The number of rotatable bonds is 2. The van der Waals surface area contributed by atoms with Crippen LogP contribution in [-0.4, -0.2) is 11.0 Å². The van der Waals surface area contributed by atoms with E-state index in [4.69, 9.17) is 12.2 Å². The molecule has 0 unspecified atom stereocenters. The van der Waals surface area contributed by atoms with Gasteiger partial charge < -0.3 is 5.32 Å². The van der Waals surface area contributed by atoms with Crippen LogP contribution in [0.5, 0.6) is 0 Å². The predicted octanol–water partition coefficient (Wildman–Crippen LogP) is 4.02. The number of halogens is 1. The number of carbonyl (C=O) groups excluding carboxylic acids is 1. The number of aryl methyl sites for hydroxylation is 1. The van der Waals surface area contributed by atoms with Gasteiger partial charge in [-0.3, -0.25) is 9.69 Å². The van der Waals surface area contributed by atoms with Crippen molar-refractivity contribution in [2.45, 2.75) is 6.92 Å². The van der Waals surface area contributed by atoms with Crippen molar-refractivity contribution >= 4 is 50.9 Å². The Morgan fingerprint density at radius 2 is 1.82 bits per heavy atom. The van der Waals surface area contributed by atoms with E-state index in [9.17, 15) is 4.79 Å². The van der Waals surface area contributed by atoms with Crippen LogP contribution in [0.1, 0.15) is 11.1 Å². The molecule has 5 heteroatoms. The topological polar surface area (TPSA) is 32.3 Å². The van der Waals surface area contributed by atoms with Gasteiger partial charge in [0.2, 0.25) is 0 Å². The number of thiocarbonyl (C=S) groups is 1. The number of nitrogens with one attached hydrogen (secondary N) is 1. The highest BCUT2D eigenvalue weighted by atomic mass is 79.9. The summed E-state index contributed by atoms with van der Waals surface area (Å²) in [6, 6.07) is 15.4. The molecule has 1 heterocycles. The van der Waals surface area contributed by atoms with E-state index in [0.717, 1.165) is 21.3 Å². The van der Waals surface area contributed by atoms with Crippen LogP contribution in [0, 0.1) is 6.92 Å². The largest absolute Gasteiger partial charge is 0.327 e. The molecule has 0 radical (unpaired) electrons. The average molecular weight is 373 g/mol. The zero-order valence-corrected chi connectivity index (χ0v) is 14.2. The normalized spacial score (nSPS) is 16.3. The highest BCUT2D eigenvalue weighted by Crippen LogP contribution is 2.25. The molecule has 22 heavy (non-hydrogen) atoms. The molecule has 3 nitrogen and oxygen atoms in total. The van der Waals surface area contributed by atoms with E-state index < -0.39 is 0 Å². The van der Waals surface area contributed by atoms with Crippen molar-refractivity contribution in [1.82, 2.24) is 5.32 Å². The number of carbonyl (C=O) groups is 1. The molecule has 0 aromatic heterocycles. The van der Waals surface area contributed by atoms with Crippen LogP contribution in [0.2, 0.25) is 0 Å². The smallest absolute Gasteiger partial charge is 0.281 e. The fourth-order valence-corrected chi connectivity index (χ4v) is 2.85. The van der Waals surface area contributed by atoms with Gasteiger partial charge in [-0.05, 0) is 54.5 Å². The highest BCUT2D eigenvalue weighted by molar-refractivity contribution is 9.10. The molecular weight excluding hydrogens is 360 g/mol. The first-order chi connectivity index (χ1) is 10.6. The van der Waals surface area contributed by atoms with Crippen LogP contribution in [0.3, 0.4) is 0 Å². The molecule has 1 fully saturated rings. The minimum Gasteiger partial charge on any atom is -0.327 e. The first-order valence-electron chi connectivity index (χ1n) is 6.74. The Morgan fingerprint density at radius 3 is 2.50 bits per heavy atom. The molecule has 1 aliphatic heterocycles. The maximum absolute atomic E-state index is 12.6. The predicted molar refractivity (Wildman–Crippen MR) is 96.5 cm³/mol. The molecule has 1 N–H and O–H groups in total. The Bertz CT molecular complexity index is 784. The maximum atomic E-state index is 12.6. The van der Waals surface area contributed by atoms with E-state index in [1.807, 2.05) is 55.5 Å². The molecule has 1 amide bonds. The van der Waals surface area contributed by atoms with Crippen LogP contribution < -0.4 is 10.2 Å². The van der Waals surface area contributed by atoms with Gasteiger partial charge in [-0.15, -0.1) is 0 Å². The Hall–Kier alpha value is -1.98. The Morgan fingerprint density at radius 1 is 1.14 bits per heavy atom. The lowest BCUT2D eigenvalue weighted by Gasteiger charge is -2.16. The molecule has 0 spiro atoms. The summed E-state index contributed by atoms with van der Waals surface area (Å²) in [5.41, 5.74) is 3.23. The van der Waals surface area contributed by atoms with Gasteiger partial charge in [0.1, 0.15) is 5.70 Å². The third-order valence-corrected chi connectivity index (χ3v) is 4.23. The fraction of sp³-hybridized carbons (Fsp3) is 0.0588. The number of nitrogens with zero attached hydrogens (tertiary/aromatic N) is 1. The van der Waals surface area contributed by atoms with E-state index in [-0.39, 0.29) is 5.91 Å². The van der Waals surface area contributed by atoms with Crippen molar-refractivity contribution in [3.63, 3.8) is 0 Å². The van der Waals surface area contributed by atoms with Gasteiger partial charge in [0.15, 0.2) is 5.11 Å². The van der Waals surface area contributed by atoms with Gasteiger partial charge in [0.25, 0.3) is 5.91 Å². The van der Waals surface area contributed by atoms with Gasteiger partial charge in [-0.1, -0.05) is 46.3 Å². The molecule has 1 aliphatic rings. The highest BCUT2D eigenvalue weighted by Gasteiger charge is 2.32. The van der Waals surface area contributed by atoms with Crippen LogP contribution in [0.4, 0.5) is 5.69 Å². The number of hydrogen-bond acceptors (Lipinski definition) is 2. The molecule has 2 aromatic rings. The van der Waals surface area contributed by atoms with E-state index in [1.165, 1.54) is 4.90 Å². The molecule has 3 rings (SSSR count). The minimum atomic E-state index is -0.137. The fourth-order valence-electron chi connectivity index (χ4n) is 2.29. The number of amides is 1. The second kappa shape index (κ2) is 6.02. The summed E-state index contributed by atoms with van der Waals surface area (Å²) >= 11 is 8.71. The van der Waals surface area contributed by atoms with Crippen LogP contribution in [-0.2, 0) is 4.79 Å². The SMILES string of the molecule is Cc1ccccc1N1C(=O)/C(=C\c2ccc(Br)cc2)NC1=S. The Labute approximate surface area is 142 Å². The summed E-state index contributed by atoms with van der Waals surface area (Å²) in [5.74, 6) is -0.137. The second-order valence-electron chi connectivity index (χ2n) is 4.97. The summed E-state index contributed by atoms with van der Waals surface area (Å²) in [6.07, 6.45) is 1.80. The zero-order valence-electron chi connectivity index (χ0n) is 11.8. The summed E-state index contributed by atoms with van der Waals surface area (Å²) in [6.45, 7) is 1.96. The average Bonchev–Trinajstić information content (AvgIpc) is 2.77. The Kier molecular flexibility index (Phi) is 4.09. The molecule has 0 bridgehead atoms. The summed E-state index contributed by atoms with van der Waals surface area (Å²) < 4.78 is 0.998. The summed E-state index contributed by atoms with van der Waals surface area (Å²) in [4.78, 5) is 14.2. The van der Waals surface area contributed by atoms with Crippen molar-refractivity contribution in [2.24, 2.45) is 0 Å². The van der Waals surface area contributed by atoms with E-state index in [1.54, 1.807) is 6.08 Å². The maximum Gasteiger partial charge on any atom is 0.281 e. The van der Waals surface area contributed by atoms with Crippen molar-refractivity contribution in [2.75, 3.05) is 4.90 Å².